The van der Waals surface area contributed by atoms with E-state index in [1.807, 2.05) is 24.0 Å². The van der Waals surface area contributed by atoms with Crippen LogP contribution >= 0.6 is 11.5 Å². The maximum Gasteiger partial charge on any atom is 0.251 e. The van der Waals surface area contributed by atoms with Crippen molar-refractivity contribution in [1.82, 2.24) is 19.8 Å². The number of likely N-dealkylation sites (tertiary alicyclic amines) is 1. The summed E-state index contributed by atoms with van der Waals surface area (Å²) in [4.78, 5) is 27.5. The molecule has 2 fully saturated rings. The third kappa shape index (κ3) is 4.49. The van der Waals surface area contributed by atoms with E-state index in [1.54, 1.807) is 12.1 Å². The Morgan fingerprint density at radius 2 is 2.04 bits per heavy atom. The average molecular weight is 401 g/mol. The number of carbonyl (C=O) groups excluding carboxylic acids is 2. The second-order valence-corrected chi connectivity index (χ2v) is 8.25. The first-order chi connectivity index (χ1) is 13.6. The molecular weight excluding hydrogens is 376 g/mol. The minimum atomic E-state index is -0.150. The van der Waals surface area contributed by atoms with Gasteiger partial charge in [0, 0.05) is 37.4 Å². The molecule has 2 aromatic rings. The quantitative estimate of drug-likeness (QED) is 0.806. The largest absolute Gasteiger partial charge is 0.490 e. The minimum absolute atomic E-state index is 0.0764. The lowest BCUT2D eigenvalue weighted by Crippen LogP contribution is -2.42. The number of rotatable bonds is 6. The molecule has 1 aromatic heterocycles. The van der Waals surface area contributed by atoms with Crippen LogP contribution in [0.1, 0.15) is 46.6 Å². The first-order valence-corrected chi connectivity index (χ1v) is 10.5. The van der Waals surface area contributed by atoms with Crippen molar-refractivity contribution in [3.8, 4) is 5.75 Å². The highest BCUT2D eigenvalue weighted by Crippen LogP contribution is 2.32. The number of nitrogens with zero attached hydrogens (tertiary/aromatic N) is 3. The van der Waals surface area contributed by atoms with Gasteiger partial charge < -0.3 is 15.0 Å². The highest BCUT2D eigenvalue weighted by atomic mass is 32.1. The first-order valence-electron chi connectivity index (χ1n) is 9.71. The van der Waals surface area contributed by atoms with E-state index >= 15 is 0 Å². The number of hydrogen-bond donors (Lipinski definition) is 1. The van der Waals surface area contributed by atoms with Gasteiger partial charge in [-0.1, -0.05) is 10.6 Å². The van der Waals surface area contributed by atoms with Crippen LogP contribution in [0.4, 0.5) is 0 Å². The van der Waals surface area contributed by atoms with Crippen molar-refractivity contribution in [3.05, 3.63) is 40.4 Å². The Morgan fingerprint density at radius 3 is 2.71 bits per heavy atom. The van der Waals surface area contributed by atoms with Gasteiger partial charge >= 0.3 is 0 Å². The van der Waals surface area contributed by atoms with Gasteiger partial charge in [0.1, 0.15) is 11.9 Å². The molecule has 8 heteroatoms. The molecule has 1 saturated carbocycles. The molecule has 1 N–H and O–H groups in total. The summed E-state index contributed by atoms with van der Waals surface area (Å²) in [7, 11) is 0. The Morgan fingerprint density at radius 1 is 1.25 bits per heavy atom. The highest BCUT2D eigenvalue weighted by molar-refractivity contribution is 7.05. The standard InChI is InChI=1S/C20H24N4O3S/c1-13-18(28-23-22-13)12-21-19(25)15-3-2-4-17(11-15)27-16-7-9-24(10-8-16)20(26)14-5-6-14/h2-4,11,14,16H,5-10,12H2,1H3,(H,21,25). The normalized spacial score (nSPS) is 17.4. The van der Waals surface area contributed by atoms with Crippen molar-refractivity contribution < 1.29 is 14.3 Å². The molecule has 7 nitrogen and oxygen atoms in total. The zero-order valence-electron chi connectivity index (χ0n) is 15.9. The lowest BCUT2D eigenvalue weighted by Gasteiger charge is -2.32. The van der Waals surface area contributed by atoms with Crippen LogP contribution < -0.4 is 10.1 Å². The van der Waals surface area contributed by atoms with Gasteiger partial charge in [0.15, 0.2) is 0 Å². The van der Waals surface area contributed by atoms with Crippen molar-refractivity contribution in [2.24, 2.45) is 5.92 Å². The average Bonchev–Trinajstić information content (AvgIpc) is 3.48. The summed E-state index contributed by atoms with van der Waals surface area (Å²) in [6.45, 7) is 3.80. The maximum absolute atomic E-state index is 12.4. The van der Waals surface area contributed by atoms with E-state index in [-0.39, 0.29) is 17.9 Å². The molecule has 0 unspecified atom stereocenters. The fourth-order valence-corrected chi connectivity index (χ4v) is 3.93. The number of piperidine rings is 1. The van der Waals surface area contributed by atoms with E-state index in [0.717, 1.165) is 49.3 Å². The Labute approximate surface area is 168 Å². The van der Waals surface area contributed by atoms with E-state index in [2.05, 4.69) is 14.9 Å². The second-order valence-electron chi connectivity index (χ2n) is 7.41. The molecule has 2 aliphatic rings. The number of ether oxygens (including phenoxy) is 1. The summed E-state index contributed by atoms with van der Waals surface area (Å²) in [5, 5.41) is 6.85. The fourth-order valence-electron chi connectivity index (χ4n) is 3.36. The van der Waals surface area contributed by atoms with E-state index in [4.69, 9.17) is 4.74 Å². The molecule has 1 aliphatic heterocycles. The molecule has 28 heavy (non-hydrogen) atoms. The summed E-state index contributed by atoms with van der Waals surface area (Å²) < 4.78 is 9.96. The second kappa shape index (κ2) is 8.26. The maximum atomic E-state index is 12.4. The van der Waals surface area contributed by atoms with Crippen molar-refractivity contribution in [2.75, 3.05) is 13.1 Å². The number of hydrogen-bond acceptors (Lipinski definition) is 6. The van der Waals surface area contributed by atoms with E-state index in [1.165, 1.54) is 11.5 Å². The molecule has 2 amide bonds. The number of aryl methyl sites for hydroxylation is 1. The molecule has 0 atom stereocenters. The fraction of sp³-hybridized carbons (Fsp3) is 0.500. The van der Waals surface area contributed by atoms with Crippen LogP contribution in [0.3, 0.4) is 0 Å². The number of amides is 2. The molecule has 1 aromatic carbocycles. The molecule has 0 radical (unpaired) electrons. The van der Waals surface area contributed by atoms with Gasteiger partial charge in [-0.15, -0.1) is 5.10 Å². The molecule has 1 saturated heterocycles. The van der Waals surface area contributed by atoms with Gasteiger partial charge in [-0.25, -0.2) is 0 Å². The number of aromatic nitrogens is 2. The van der Waals surface area contributed by atoms with Crippen LogP contribution in [0.5, 0.6) is 5.75 Å². The molecule has 0 bridgehead atoms. The van der Waals surface area contributed by atoms with Crippen LogP contribution in [-0.4, -0.2) is 45.5 Å². The van der Waals surface area contributed by atoms with Crippen LogP contribution in [0.15, 0.2) is 24.3 Å². The van der Waals surface area contributed by atoms with Crippen LogP contribution in [0, 0.1) is 12.8 Å². The highest BCUT2D eigenvalue weighted by Gasteiger charge is 2.35. The van der Waals surface area contributed by atoms with Crippen molar-refractivity contribution in [1.29, 1.82) is 0 Å². The van der Waals surface area contributed by atoms with Crippen LogP contribution in [0.25, 0.3) is 0 Å². The Hall–Kier alpha value is -2.48. The predicted molar refractivity (Wildman–Crippen MR) is 105 cm³/mol. The van der Waals surface area contributed by atoms with E-state index in [9.17, 15) is 9.59 Å². The van der Waals surface area contributed by atoms with Crippen LogP contribution in [0.2, 0.25) is 0 Å². The van der Waals surface area contributed by atoms with Gasteiger partial charge in [0.2, 0.25) is 5.91 Å². The van der Waals surface area contributed by atoms with Gasteiger partial charge in [0.05, 0.1) is 17.1 Å². The number of benzene rings is 1. The lowest BCUT2D eigenvalue weighted by molar-refractivity contribution is -0.134. The topological polar surface area (TPSA) is 84.4 Å². The molecular formula is C20H24N4O3S. The van der Waals surface area contributed by atoms with Crippen LogP contribution in [-0.2, 0) is 11.3 Å². The van der Waals surface area contributed by atoms with Crippen molar-refractivity contribution >= 4 is 23.3 Å². The summed E-state index contributed by atoms with van der Waals surface area (Å²) in [5.74, 6) is 1.12. The van der Waals surface area contributed by atoms with Gasteiger partial charge in [-0.2, -0.15) is 0 Å². The van der Waals surface area contributed by atoms with Crippen molar-refractivity contribution in [3.63, 3.8) is 0 Å². The SMILES string of the molecule is Cc1nnsc1CNC(=O)c1cccc(OC2CCN(C(=O)C3CC3)CC2)c1. The molecule has 2 heterocycles. The smallest absolute Gasteiger partial charge is 0.251 e. The monoisotopic (exact) mass is 400 g/mol. The van der Waals surface area contributed by atoms with E-state index < -0.39 is 0 Å². The predicted octanol–water partition coefficient (Wildman–Crippen LogP) is 2.56. The minimum Gasteiger partial charge on any atom is -0.490 e. The van der Waals surface area contributed by atoms with Gasteiger partial charge in [-0.3, -0.25) is 9.59 Å². The number of nitrogens with one attached hydrogen (secondary N) is 1. The molecule has 0 spiro atoms. The molecule has 1 aliphatic carbocycles. The Balaban J connectivity index is 1.29. The lowest BCUT2D eigenvalue weighted by atomic mass is 10.1. The summed E-state index contributed by atoms with van der Waals surface area (Å²) in [6.07, 6.45) is 3.82. The molecule has 4 rings (SSSR count). The Bertz CT molecular complexity index is 857. The third-order valence-electron chi connectivity index (χ3n) is 5.23. The summed E-state index contributed by atoms with van der Waals surface area (Å²) in [6, 6.07) is 7.25. The zero-order chi connectivity index (χ0) is 19.5. The molecule has 148 valence electrons. The van der Waals surface area contributed by atoms with Gasteiger partial charge in [0.25, 0.3) is 5.91 Å². The first kappa shape index (κ1) is 18.9. The van der Waals surface area contributed by atoms with E-state index in [0.29, 0.717) is 23.8 Å². The summed E-state index contributed by atoms with van der Waals surface area (Å²) >= 11 is 1.29. The number of carbonyl (C=O) groups is 2. The third-order valence-corrected chi connectivity index (χ3v) is 6.06. The van der Waals surface area contributed by atoms with Crippen molar-refractivity contribution in [2.45, 2.75) is 45.3 Å². The van der Waals surface area contributed by atoms with Gasteiger partial charge in [-0.05, 0) is 49.5 Å². The Kier molecular flexibility index (Phi) is 5.57. The summed E-state index contributed by atoms with van der Waals surface area (Å²) in [5.41, 5.74) is 1.41. The zero-order valence-corrected chi connectivity index (χ0v) is 16.7.